The van der Waals surface area contributed by atoms with Gasteiger partial charge in [-0.15, -0.1) is 0 Å². The lowest BCUT2D eigenvalue weighted by Crippen LogP contribution is -2.53. The van der Waals surface area contributed by atoms with E-state index in [1.54, 1.807) is 0 Å². The number of hydrogen-bond acceptors (Lipinski definition) is 8. The van der Waals surface area contributed by atoms with Gasteiger partial charge in [-0.1, -0.05) is 41.5 Å². The van der Waals surface area contributed by atoms with Crippen LogP contribution in [0.15, 0.2) is 17.1 Å². The van der Waals surface area contributed by atoms with Crippen molar-refractivity contribution >= 4 is 34.3 Å². The van der Waals surface area contributed by atoms with Crippen molar-refractivity contribution in [1.82, 2.24) is 14.5 Å². The Kier molecular flexibility index (Phi) is 10.5. The number of carbonyl (C=O) groups excluding carboxylic acids is 1. The van der Waals surface area contributed by atoms with Gasteiger partial charge in [0.1, 0.15) is 18.0 Å². The fraction of sp³-hybridized carbons (Fsp3) is 0.769. The second kappa shape index (κ2) is 12.3. The van der Waals surface area contributed by atoms with Crippen LogP contribution in [0.4, 0.5) is 14.6 Å². The van der Waals surface area contributed by atoms with Gasteiger partial charge in [0.05, 0.1) is 19.7 Å². The van der Waals surface area contributed by atoms with Crippen LogP contribution in [-0.4, -0.2) is 92.9 Å². The maximum Gasteiger partial charge on any atom is 0.351 e. The second-order valence-electron chi connectivity index (χ2n) is 13.7. The van der Waals surface area contributed by atoms with Crippen molar-refractivity contribution in [2.75, 3.05) is 32.1 Å². The molecular weight excluding hydrogens is 574 g/mol. The van der Waals surface area contributed by atoms with Gasteiger partial charge in [-0.05, 0) is 49.4 Å². The molecule has 0 spiro atoms. The number of aliphatic carboxylic acids is 1. The lowest BCUT2D eigenvalue weighted by Gasteiger charge is -2.41. The van der Waals surface area contributed by atoms with E-state index in [0.717, 1.165) is 6.20 Å². The van der Waals surface area contributed by atoms with Gasteiger partial charge in [0.2, 0.25) is 12.1 Å². The molecule has 1 aromatic rings. The number of nitrogens with one attached hydrogen (secondary N) is 1. The molecule has 1 aliphatic heterocycles. The highest BCUT2D eigenvalue weighted by Gasteiger charge is 2.63. The van der Waals surface area contributed by atoms with Gasteiger partial charge >= 0.3 is 17.6 Å². The number of hydrogen-bond donors (Lipinski definition) is 2. The molecular formula is C26H46F2N4O7Si2. The minimum atomic E-state index is -3.60. The summed E-state index contributed by atoms with van der Waals surface area (Å²) in [4.78, 5) is 40.9. The van der Waals surface area contributed by atoms with Crippen molar-refractivity contribution in [3.8, 4) is 0 Å². The van der Waals surface area contributed by atoms with Gasteiger partial charge in [0.15, 0.2) is 16.6 Å². The number of alkyl halides is 2. The number of nitrogens with zero attached hydrogens (tertiary/aromatic N) is 3. The normalized spacial score (nSPS) is 21.8. The van der Waals surface area contributed by atoms with Crippen LogP contribution in [-0.2, 0) is 23.2 Å². The summed E-state index contributed by atoms with van der Waals surface area (Å²) in [6.45, 7) is 19.0. The van der Waals surface area contributed by atoms with Crippen LogP contribution in [0.3, 0.4) is 0 Å². The van der Waals surface area contributed by atoms with Crippen molar-refractivity contribution in [2.24, 2.45) is 0 Å². The first-order chi connectivity index (χ1) is 18.4. The highest BCUT2D eigenvalue weighted by Crippen LogP contribution is 2.48. The Morgan fingerprint density at radius 3 is 2.17 bits per heavy atom. The monoisotopic (exact) mass is 620 g/mol. The number of carboxylic acids is 1. The molecule has 2 heterocycles. The summed E-state index contributed by atoms with van der Waals surface area (Å²) < 4.78 is 51.3. The Balaban J connectivity index is 2.37. The van der Waals surface area contributed by atoms with E-state index in [4.69, 9.17) is 18.7 Å². The van der Waals surface area contributed by atoms with Gasteiger partial charge in [0, 0.05) is 6.20 Å². The predicted molar refractivity (Wildman–Crippen MR) is 156 cm³/mol. The van der Waals surface area contributed by atoms with Gasteiger partial charge in [-0.3, -0.25) is 19.1 Å². The van der Waals surface area contributed by atoms with Crippen LogP contribution in [0.5, 0.6) is 0 Å². The SMILES string of the molecule is CN(CC(=O)O)CC(=O)Nc1ccn([C@@H]2O[C@H](CO[Si](C)(C)C(C)(C)C)[C@@H](O[Si](C)(C)C(C)(C)C)C2(F)F)c(=O)n1. The van der Waals surface area contributed by atoms with Crippen molar-refractivity contribution in [3.05, 3.63) is 22.7 Å². The fourth-order valence-corrected chi connectivity index (χ4v) is 5.94. The summed E-state index contributed by atoms with van der Waals surface area (Å²) in [5.74, 6) is -5.49. The van der Waals surface area contributed by atoms with Crippen LogP contribution in [0.25, 0.3) is 0 Å². The molecule has 234 valence electrons. The summed E-state index contributed by atoms with van der Waals surface area (Å²) in [6, 6.07) is 1.21. The van der Waals surface area contributed by atoms with Gasteiger partial charge < -0.3 is 24.0 Å². The quantitative estimate of drug-likeness (QED) is 0.350. The molecule has 0 bridgehead atoms. The third kappa shape index (κ3) is 8.50. The third-order valence-corrected chi connectivity index (χ3v) is 17.1. The first-order valence-electron chi connectivity index (χ1n) is 13.5. The molecule has 0 radical (unpaired) electrons. The molecule has 0 unspecified atom stereocenters. The molecule has 1 aliphatic rings. The van der Waals surface area contributed by atoms with Crippen LogP contribution in [0.2, 0.25) is 36.3 Å². The van der Waals surface area contributed by atoms with E-state index >= 15 is 8.78 Å². The van der Waals surface area contributed by atoms with Crippen molar-refractivity contribution in [3.63, 3.8) is 0 Å². The maximum atomic E-state index is 16.1. The van der Waals surface area contributed by atoms with Crippen molar-refractivity contribution in [1.29, 1.82) is 0 Å². The highest BCUT2D eigenvalue weighted by atomic mass is 28.4. The molecule has 0 aromatic carbocycles. The molecule has 2 rings (SSSR count). The number of aromatic nitrogens is 2. The van der Waals surface area contributed by atoms with Gasteiger partial charge in [-0.2, -0.15) is 13.8 Å². The lowest BCUT2D eigenvalue weighted by atomic mass is 10.1. The predicted octanol–water partition coefficient (Wildman–Crippen LogP) is 4.14. The van der Waals surface area contributed by atoms with E-state index in [0.29, 0.717) is 4.57 Å². The number of ether oxygens (including phenoxy) is 1. The lowest BCUT2D eigenvalue weighted by molar-refractivity contribution is -0.138. The topological polar surface area (TPSA) is 132 Å². The Bertz CT molecular complexity index is 1170. The van der Waals surface area contributed by atoms with Gasteiger partial charge in [-0.25, -0.2) is 4.79 Å². The van der Waals surface area contributed by atoms with E-state index in [-0.39, 0.29) is 35.6 Å². The standard InChI is InChI=1S/C26H46F2N4O7Si2/c1-24(2,3)40(8,9)37-16-17-21(39-41(10,11)25(4,5)6)26(27,28)22(38-17)32-13-12-18(30-23(32)36)29-19(33)14-31(7)15-20(34)35/h12-13,17,21-22H,14-16H2,1-11H3,(H,34,35)(H,29,30,33,36)/t17-,21-,22-/m1/s1. The number of amides is 1. The van der Waals surface area contributed by atoms with E-state index in [1.165, 1.54) is 18.0 Å². The van der Waals surface area contributed by atoms with Crippen LogP contribution in [0, 0.1) is 0 Å². The van der Waals surface area contributed by atoms with E-state index in [2.05, 4.69) is 10.3 Å². The molecule has 1 aromatic heterocycles. The van der Waals surface area contributed by atoms with Crippen LogP contribution >= 0.6 is 0 Å². The minimum Gasteiger partial charge on any atom is -0.480 e. The average molecular weight is 621 g/mol. The number of rotatable bonds is 11. The molecule has 2 N–H and O–H groups in total. The first-order valence-corrected chi connectivity index (χ1v) is 19.3. The summed E-state index contributed by atoms with van der Waals surface area (Å²) in [5.41, 5.74) is -1.05. The Morgan fingerprint density at radius 2 is 1.68 bits per heavy atom. The molecule has 1 fully saturated rings. The number of halogens is 2. The Hall–Kier alpha value is -2.05. The van der Waals surface area contributed by atoms with E-state index in [9.17, 15) is 14.4 Å². The highest BCUT2D eigenvalue weighted by molar-refractivity contribution is 6.74. The smallest absolute Gasteiger partial charge is 0.351 e. The Morgan fingerprint density at radius 1 is 1.12 bits per heavy atom. The average Bonchev–Trinajstić information content (AvgIpc) is 2.99. The largest absolute Gasteiger partial charge is 0.480 e. The third-order valence-electron chi connectivity index (χ3n) is 8.16. The second-order valence-corrected chi connectivity index (χ2v) is 23.3. The van der Waals surface area contributed by atoms with E-state index < -0.39 is 58.6 Å². The molecule has 0 aliphatic carbocycles. The molecule has 41 heavy (non-hydrogen) atoms. The Labute approximate surface area is 242 Å². The molecule has 3 atom stereocenters. The zero-order valence-electron chi connectivity index (χ0n) is 26.0. The first kappa shape index (κ1) is 35.2. The zero-order valence-corrected chi connectivity index (χ0v) is 28.0. The molecule has 0 saturated carbocycles. The maximum absolute atomic E-state index is 16.1. The molecule has 1 saturated heterocycles. The zero-order chi connectivity index (χ0) is 31.8. The number of carbonyl (C=O) groups is 2. The summed E-state index contributed by atoms with van der Waals surface area (Å²) in [7, 11) is -3.59. The van der Waals surface area contributed by atoms with Crippen LogP contribution in [0.1, 0.15) is 47.8 Å². The van der Waals surface area contributed by atoms with Gasteiger partial charge in [0.25, 0.3) is 0 Å². The van der Waals surface area contributed by atoms with E-state index in [1.807, 2.05) is 67.7 Å². The van der Waals surface area contributed by atoms with Crippen molar-refractivity contribution in [2.45, 2.75) is 102 Å². The van der Waals surface area contributed by atoms with Crippen LogP contribution < -0.4 is 11.0 Å². The number of anilines is 1. The number of carboxylic acid groups (broad SMARTS) is 1. The summed E-state index contributed by atoms with van der Waals surface area (Å²) >= 11 is 0. The molecule has 15 heteroatoms. The fourth-order valence-electron chi connectivity index (χ4n) is 3.62. The summed E-state index contributed by atoms with van der Waals surface area (Å²) in [6.07, 6.45) is -3.72. The number of likely N-dealkylation sites (N-methyl/N-ethyl adjacent to an activating group) is 1. The molecule has 11 nitrogen and oxygen atoms in total. The van der Waals surface area contributed by atoms with Crippen molar-refractivity contribution < 1.29 is 37.1 Å². The minimum absolute atomic E-state index is 0.123. The summed E-state index contributed by atoms with van der Waals surface area (Å²) in [5, 5.41) is 10.7. The molecule has 1 amide bonds.